The van der Waals surface area contributed by atoms with Crippen molar-refractivity contribution in [2.45, 2.75) is 0 Å². The third-order valence-electron chi connectivity index (χ3n) is 12.2. The van der Waals surface area contributed by atoms with Gasteiger partial charge in [-0.05, 0) is 111 Å². The van der Waals surface area contributed by atoms with Crippen LogP contribution in [0.4, 0.5) is 17.1 Å². The van der Waals surface area contributed by atoms with Gasteiger partial charge in [-0.25, -0.2) is 0 Å². The fourth-order valence-electron chi connectivity index (χ4n) is 9.24. The number of nitrogens with zero attached hydrogens (tertiary/aromatic N) is 2. The van der Waals surface area contributed by atoms with Gasteiger partial charge in [-0.2, -0.15) is 0 Å². The molecule has 0 saturated carbocycles. The molecule has 0 radical (unpaired) electrons. The van der Waals surface area contributed by atoms with Crippen LogP contribution >= 0.6 is 0 Å². The first-order valence-electron chi connectivity index (χ1n) is 20.8. The first-order valence-corrected chi connectivity index (χ1v) is 20.8. The van der Waals surface area contributed by atoms with E-state index < -0.39 is 0 Å². The Morgan fingerprint density at radius 1 is 0.328 bits per heavy atom. The summed E-state index contributed by atoms with van der Waals surface area (Å²) in [6.45, 7) is 0. The summed E-state index contributed by atoms with van der Waals surface area (Å²) in [5, 5.41) is 7.16. The maximum atomic E-state index is 6.33. The fourth-order valence-corrected chi connectivity index (χ4v) is 9.24. The average Bonchev–Trinajstić information content (AvgIpc) is 3.88. The quantitative estimate of drug-likeness (QED) is 0.161. The van der Waals surface area contributed by atoms with Gasteiger partial charge in [0.15, 0.2) is 0 Å². The highest BCUT2D eigenvalue weighted by Crippen LogP contribution is 2.45. The van der Waals surface area contributed by atoms with Crippen LogP contribution in [0.5, 0.6) is 0 Å². The summed E-state index contributed by atoms with van der Waals surface area (Å²) in [7, 11) is 0. The minimum absolute atomic E-state index is 0.872. The number of furan rings is 1. The summed E-state index contributed by atoms with van der Waals surface area (Å²) in [6, 6.07) is 83.1. The molecule has 12 rings (SSSR count). The topological polar surface area (TPSA) is 21.3 Å². The summed E-state index contributed by atoms with van der Waals surface area (Å²) < 4.78 is 8.71. The summed E-state index contributed by atoms with van der Waals surface area (Å²) >= 11 is 0. The minimum atomic E-state index is 0.872. The van der Waals surface area contributed by atoms with E-state index in [2.05, 4.69) is 228 Å². The SMILES string of the molecule is c1ccc(-c2ccc(-c3ccc4ccccc4c3)cc2N(c2ccc(-c3cccc(-n4c5ccccc5c5ccccc54)c3)cc2)c2ccc3oc4ccccc4c3c2)cc1. The molecule has 0 aliphatic heterocycles. The number of aromatic nitrogens is 1. The van der Waals surface area contributed by atoms with Crippen LogP contribution in [-0.4, -0.2) is 4.57 Å². The van der Waals surface area contributed by atoms with Crippen LogP contribution in [0.1, 0.15) is 0 Å². The number of rotatable bonds is 7. The van der Waals surface area contributed by atoms with Gasteiger partial charge in [-0.3, -0.25) is 0 Å². The maximum absolute atomic E-state index is 6.33. The van der Waals surface area contributed by atoms with Crippen LogP contribution in [0.3, 0.4) is 0 Å². The Balaban J connectivity index is 1.03. The molecule has 0 aliphatic carbocycles. The van der Waals surface area contributed by atoms with Crippen molar-refractivity contribution in [3.05, 3.63) is 231 Å². The van der Waals surface area contributed by atoms with Gasteiger partial charge >= 0.3 is 0 Å². The molecule has 286 valence electrons. The largest absolute Gasteiger partial charge is 0.456 e. The van der Waals surface area contributed by atoms with Crippen molar-refractivity contribution in [3.8, 4) is 39.1 Å². The molecule has 0 aliphatic rings. The van der Waals surface area contributed by atoms with Gasteiger partial charge in [0.1, 0.15) is 11.2 Å². The van der Waals surface area contributed by atoms with E-state index in [0.717, 1.165) is 72.5 Å². The van der Waals surface area contributed by atoms with Crippen LogP contribution in [0.25, 0.3) is 93.6 Å². The molecule has 0 unspecified atom stereocenters. The van der Waals surface area contributed by atoms with E-state index in [4.69, 9.17) is 4.42 Å². The Hall–Kier alpha value is -8.14. The van der Waals surface area contributed by atoms with Crippen LogP contribution in [0.15, 0.2) is 235 Å². The van der Waals surface area contributed by atoms with E-state index >= 15 is 0 Å². The lowest BCUT2D eigenvalue weighted by Crippen LogP contribution is -2.11. The summed E-state index contributed by atoms with van der Waals surface area (Å²) in [5.41, 5.74) is 15.4. The molecular formula is C58H38N2O. The first kappa shape index (κ1) is 34.9. The van der Waals surface area contributed by atoms with Crippen LogP contribution < -0.4 is 4.90 Å². The molecular weight excluding hydrogens is 741 g/mol. The molecule has 0 atom stereocenters. The van der Waals surface area contributed by atoms with Gasteiger partial charge in [0.25, 0.3) is 0 Å². The van der Waals surface area contributed by atoms with Gasteiger partial charge in [0.05, 0.1) is 16.7 Å². The van der Waals surface area contributed by atoms with Crippen molar-refractivity contribution in [2.75, 3.05) is 4.90 Å². The number of hydrogen-bond donors (Lipinski definition) is 0. The molecule has 10 aromatic carbocycles. The van der Waals surface area contributed by atoms with Crippen molar-refractivity contribution in [1.29, 1.82) is 0 Å². The number of anilines is 3. The zero-order valence-corrected chi connectivity index (χ0v) is 33.2. The van der Waals surface area contributed by atoms with Gasteiger partial charge in [-0.15, -0.1) is 0 Å². The number of fused-ring (bicyclic) bond motifs is 7. The lowest BCUT2D eigenvalue weighted by molar-refractivity contribution is 0.669. The molecule has 2 heterocycles. The molecule has 61 heavy (non-hydrogen) atoms. The predicted molar refractivity (Wildman–Crippen MR) is 257 cm³/mol. The number of hydrogen-bond acceptors (Lipinski definition) is 2. The van der Waals surface area contributed by atoms with Crippen molar-refractivity contribution in [2.24, 2.45) is 0 Å². The molecule has 2 aromatic heterocycles. The number of para-hydroxylation sites is 3. The minimum Gasteiger partial charge on any atom is -0.456 e. The van der Waals surface area contributed by atoms with E-state index in [0.29, 0.717) is 0 Å². The third kappa shape index (κ3) is 5.98. The van der Waals surface area contributed by atoms with Crippen molar-refractivity contribution >= 4 is 71.6 Å². The Kier molecular flexibility index (Phi) is 8.17. The summed E-state index contributed by atoms with van der Waals surface area (Å²) in [4.78, 5) is 2.41. The highest BCUT2D eigenvalue weighted by Gasteiger charge is 2.21. The lowest BCUT2D eigenvalue weighted by Gasteiger charge is -2.29. The molecule has 0 spiro atoms. The number of benzene rings is 10. The highest BCUT2D eigenvalue weighted by molar-refractivity contribution is 6.09. The molecule has 0 fully saturated rings. The Bertz CT molecular complexity index is 3540. The van der Waals surface area contributed by atoms with E-state index in [-0.39, 0.29) is 0 Å². The van der Waals surface area contributed by atoms with E-state index in [1.807, 2.05) is 12.1 Å². The summed E-state index contributed by atoms with van der Waals surface area (Å²) in [5.74, 6) is 0. The van der Waals surface area contributed by atoms with Gasteiger partial charge < -0.3 is 13.9 Å². The van der Waals surface area contributed by atoms with Gasteiger partial charge in [0.2, 0.25) is 0 Å². The summed E-state index contributed by atoms with van der Waals surface area (Å²) in [6.07, 6.45) is 0. The average molecular weight is 779 g/mol. The zero-order valence-electron chi connectivity index (χ0n) is 33.2. The van der Waals surface area contributed by atoms with Crippen LogP contribution in [-0.2, 0) is 0 Å². The second-order valence-electron chi connectivity index (χ2n) is 15.7. The molecule has 0 amide bonds. The van der Waals surface area contributed by atoms with Gasteiger partial charge in [0, 0.05) is 44.2 Å². The highest BCUT2D eigenvalue weighted by atomic mass is 16.3. The smallest absolute Gasteiger partial charge is 0.135 e. The third-order valence-corrected chi connectivity index (χ3v) is 12.2. The molecule has 0 N–H and O–H groups in total. The van der Waals surface area contributed by atoms with Gasteiger partial charge in [-0.1, -0.05) is 158 Å². The molecule has 3 heteroatoms. The first-order chi connectivity index (χ1) is 30.2. The Morgan fingerprint density at radius 3 is 1.72 bits per heavy atom. The monoisotopic (exact) mass is 778 g/mol. The fraction of sp³-hybridized carbons (Fsp3) is 0. The second kappa shape index (κ2) is 14.3. The van der Waals surface area contributed by atoms with E-state index in [9.17, 15) is 0 Å². The lowest BCUT2D eigenvalue weighted by atomic mass is 9.95. The molecule has 12 aromatic rings. The predicted octanol–water partition coefficient (Wildman–Crippen LogP) is 16.3. The zero-order chi connectivity index (χ0) is 40.3. The second-order valence-corrected chi connectivity index (χ2v) is 15.7. The Labute approximate surface area is 353 Å². The van der Waals surface area contributed by atoms with E-state index in [1.54, 1.807) is 0 Å². The molecule has 0 saturated heterocycles. The normalized spacial score (nSPS) is 11.6. The van der Waals surface area contributed by atoms with E-state index in [1.165, 1.54) is 38.1 Å². The maximum Gasteiger partial charge on any atom is 0.135 e. The standard InChI is InChI=1S/C58H38N2O/c1-2-14-41(15-3-1)49-33-29-45(44-26-25-39-13-4-5-16-42(39)35-44)37-56(49)59(48-32-34-58-53(38-48)52-21-8-11-24-57(52)61-58)46-30-27-40(28-31-46)43-17-12-18-47(36-43)60-54-22-9-6-19-50(54)51-20-7-10-23-55(51)60/h1-38H. The molecule has 3 nitrogen and oxygen atoms in total. The van der Waals surface area contributed by atoms with Crippen LogP contribution in [0, 0.1) is 0 Å². The van der Waals surface area contributed by atoms with Crippen LogP contribution in [0.2, 0.25) is 0 Å². The van der Waals surface area contributed by atoms with Crippen molar-refractivity contribution < 1.29 is 4.42 Å². The van der Waals surface area contributed by atoms with Crippen molar-refractivity contribution in [1.82, 2.24) is 4.57 Å². The Morgan fingerprint density at radius 2 is 0.918 bits per heavy atom. The van der Waals surface area contributed by atoms with Crippen molar-refractivity contribution in [3.63, 3.8) is 0 Å². The molecule has 0 bridgehead atoms.